The number of esters is 1. The molecule has 84 valence electrons. The Morgan fingerprint density at radius 2 is 2.20 bits per heavy atom. The van der Waals surface area contributed by atoms with Gasteiger partial charge in [-0.25, -0.2) is 0 Å². The van der Waals surface area contributed by atoms with E-state index in [9.17, 15) is 4.79 Å². The Hall–Kier alpha value is -1.36. The van der Waals surface area contributed by atoms with Crippen molar-refractivity contribution in [2.75, 3.05) is 6.61 Å². The highest BCUT2D eigenvalue weighted by molar-refractivity contribution is 5.69. The maximum Gasteiger partial charge on any atom is 0.327 e. The van der Waals surface area contributed by atoms with Crippen LogP contribution < -0.4 is 5.73 Å². The van der Waals surface area contributed by atoms with Gasteiger partial charge < -0.3 is 10.5 Å². The van der Waals surface area contributed by atoms with Crippen LogP contribution in [0.1, 0.15) is 23.9 Å². The van der Waals surface area contributed by atoms with Gasteiger partial charge >= 0.3 is 5.97 Å². The standard InChI is InChI=1S/C10H17N3O2/c1-4-15-10(14)6-13-8(3)9(5-11)7(2)12-13/h4-6,11H2,1-3H3. The van der Waals surface area contributed by atoms with E-state index < -0.39 is 0 Å². The largest absolute Gasteiger partial charge is 0.465 e. The number of ether oxygens (including phenoxy) is 1. The van der Waals surface area contributed by atoms with Crippen molar-refractivity contribution < 1.29 is 9.53 Å². The minimum absolute atomic E-state index is 0.153. The van der Waals surface area contributed by atoms with Gasteiger partial charge in [0.25, 0.3) is 0 Å². The van der Waals surface area contributed by atoms with Crippen molar-refractivity contribution in [3.63, 3.8) is 0 Å². The fraction of sp³-hybridized carbons (Fsp3) is 0.600. The van der Waals surface area contributed by atoms with Gasteiger partial charge in [-0.3, -0.25) is 9.48 Å². The molecule has 0 aliphatic carbocycles. The maximum absolute atomic E-state index is 11.3. The highest BCUT2D eigenvalue weighted by atomic mass is 16.5. The third kappa shape index (κ3) is 2.56. The molecular formula is C10H17N3O2. The number of rotatable bonds is 4. The zero-order chi connectivity index (χ0) is 11.4. The molecule has 0 aromatic carbocycles. The van der Waals surface area contributed by atoms with Crippen molar-refractivity contribution in [1.82, 2.24) is 9.78 Å². The molecule has 5 heteroatoms. The van der Waals surface area contributed by atoms with Gasteiger partial charge in [0, 0.05) is 17.8 Å². The number of carbonyl (C=O) groups excluding carboxylic acids is 1. The van der Waals surface area contributed by atoms with Gasteiger partial charge in [-0.2, -0.15) is 5.10 Å². The second-order valence-corrected chi connectivity index (χ2v) is 3.32. The molecular weight excluding hydrogens is 194 g/mol. The summed E-state index contributed by atoms with van der Waals surface area (Å²) in [6.45, 7) is 6.56. The minimum Gasteiger partial charge on any atom is -0.465 e. The molecule has 0 radical (unpaired) electrons. The molecule has 0 saturated heterocycles. The van der Waals surface area contributed by atoms with E-state index in [0.717, 1.165) is 17.0 Å². The first-order valence-corrected chi connectivity index (χ1v) is 4.98. The first-order valence-electron chi connectivity index (χ1n) is 4.98. The van der Waals surface area contributed by atoms with Crippen molar-refractivity contribution in [1.29, 1.82) is 0 Å². The molecule has 0 atom stereocenters. The number of hydrogen-bond acceptors (Lipinski definition) is 4. The topological polar surface area (TPSA) is 70.1 Å². The van der Waals surface area contributed by atoms with Crippen molar-refractivity contribution in [3.8, 4) is 0 Å². The molecule has 0 unspecified atom stereocenters. The molecule has 0 saturated carbocycles. The van der Waals surface area contributed by atoms with Crippen molar-refractivity contribution in [2.24, 2.45) is 5.73 Å². The minimum atomic E-state index is -0.272. The summed E-state index contributed by atoms with van der Waals surface area (Å²) in [7, 11) is 0. The number of aromatic nitrogens is 2. The molecule has 0 aliphatic heterocycles. The molecule has 0 fully saturated rings. The summed E-state index contributed by atoms with van der Waals surface area (Å²) >= 11 is 0. The zero-order valence-corrected chi connectivity index (χ0v) is 9.41. The molecule has 1 aromatic heterocycles. The van der Waals surface area contributed by atoms with Crippen LogP contribution >= 0.6 is 0 Å². The fourth-order valence-electron chi connectivity index (χ4n) is 1.51. The quantitative estimate of drug-likeness (QED) is 0.737. The van der Waals surface area contributed by atoms with Gasteiger partial charge in [0.1, 0.15) is 6.54 Å². The number of nitrogens with two attached hydrogens (primary N) is 1. The third-order valence-corrected chi connectivity index (χ3v) is 2.32. The first kappa shape index (κ1) is 11.7. The molecule has 0 amide bonds. The van der Waals surface area contributed by atoms with Crippen molar-refractivity contribution in [2.45, 2.75) is 33.9 Å². The van der Waals surface area contributed by atoms with Crippen LogP contribution in [0.25, 0.3) is 0 Å². The second kappa shape index (κ2) is 4.93. The molecule has 0 spiro atoms. The molecule has 15 heavy (non-hydrogen) atoms. The predicted molar refractivity (Wildman–Crippen MR) is 56.2 cm³/mol. The maximum atomic E-state index is 11.3. The molecule has 1 aromatic rings. The lowest BCUT2D eigenvalue weighted by molar-refractivity contribution is -0.144. The summed E-state index contributed by atoms with van der Waals surface area (Å²) in [6.07, 6.45) is 0. The highest BCUT2D eigenvalue weighted by Crippen LogP contribution is 2.11. The Balaban J connectivity index is 2.82. The van der Waals surface area contributed by atoms with E-state index in [4.69, 9.17) is 10.5 Å². The number of aryl methyl sites for hydroxylation is 1. The SMILES string of the molecule is CCOC(=O)Cn1nc(C)c(CN)c1C. The molecule has 5 nitrogen and oxygen atoms in total. The van der Waals surface area contributed by atoms with Crippen LogP contribution in [0.2, 0.25) is 0 Å². The van der Waals surface area contributed by atoms with Gasteiger partial charge in [-0.1, -0.05) is 0 Å². The Labute approximate surface area is 89.2 Å². The fourth-order valence-corrected chi connectivity index (χ4v) is 1.51. The molecule has 2 N–H and O–H groups in total. The van der Waals surface area contributed by atoms with E-state index in [1.807, 2.05) is 13.8 Å². The Morgan fingerprint density at radius 3 is 2.67 bits per heavy atom. The van der Waals surface area contributed by atoms with E-state index in [-0.39, 0.29) is 12.5 Å². The van der Waals surface area contributed by atoms with Gasteiger partial charge in [-0.05, 0) is 20.8 Å². The predicted octanol–water partition coefficient (Wildman–Crippen LogP) is 0.522. The number of nitrogens with zero attached hydrogens (tertiary/aromatic N) is 2. The van der Waals surface area contributed by atoms with Gasteiger partial charge in [0.05, 0.1) is 12.3 Å². The van der Waals surface area contributed by atoms with Gasteiger partial charge in [-0.15, -0.1) is 0 Å². The lowest BCUT2D eigenvalue weighted by Gasteiger charge is -2.04. The summed E-state index contributed by atoms with van der Waals surface area (Å²) < 4.78 is 6.49. The van der Waals surface area contributed by atoms with Gasteiger partial charge in [0.15, 0.2) is 0 Å². The summed E-state index contributed by atoms with van der Waals surface area (Å²) in [6, 6.07) is 0. The van der Waals surface area contributed by atoms with Crippen molar-refractivity contribution >= 4 is 5.97 Å². The van der Waals surface area contributed by atoms with E-state index in [1.165, 1.54) is 0 Å². The Morgan fingerprint density at radius 1 is 1.53 bits per heavy atom. The highest BCUT2D eigenvalue weighted by Gasteiger charge is 2.12. The lowest BCUT2D eigenvalue weighted by Crippen LogP contribution is -2.15. The monoisotopic (exact) mass is 211 g/mol. The first-order chi connectivity index (χ1) is 7.10. The van der Waals surface area contributed by atoms with Gasteiger partial charge in [0.2, 0.25) is 0 Å². The van der Waals surface area contributed by atoms with Crippen LogP contribution in [0.4, 0.5) is 0 Å². The van der Waals surface area contributed by atoms with Crippen LogP contribution in [-0.2, 0) is 22.6 Å². The summed E-state index contributed by atoms with van der Waals surface area (Å²) in [5.41, 5.74) is 8.39. The van der Waals surface area contributed by atoms with Crippen molar-refractivity contribution in [3.05, 3.63) is 17.0 Å². The summed E-state index contributed by atoms with van der Waals surface area (Å²) in [5, 5.41) is 4.24. The van der Waals surface area contributed by atoms with Crippen LogP contribution in [-0.4, -0.2) is 22.4 Å². The molecule has 0 aliphatic rings. The lowest BCUT2D eigenvalue weighted by atomic mass is 10.2. The summed E-state index contributed by atoms with van der Waals surface area (Å²) in [5.74, 6) is -0.272. The van der Waals surface area contributed by atoms with Crippen LogP contribution in [0.3, 0.4) is 0 Å². The number of hydrogen-bond donors (Lipinski definition) is 1. The zero-order valence-electron chi connectivity index (χ0n) is 9.41. The van der Waals surface area contributed by atoms with E-state index in [0.29, 0.717) is 13.2 Å². The molecule has 1 heterocycles. The van der Waals surface area contributed by atoms with Crippen LogP contribution in [0.5, 0.6) is 0 Å². The second-order valence-electron chi connectivity index (χ2n) is 3.32. The Bertz CT molecular complexity index is 358. The smallest absolute Gasteiger partial charge is 0.327 e. The van der Waals surface area contributed by atoms with E-state index in [2.05, 4.69) is 5.10 Å². The molecule has 1 rings (SSSR count). The average Bonchev–Trinajstić information content (AvgIpc) is 2.42. The number of carbonyl (C=O) groups is 1. The Kier molecular flexibility index (Phi) is 3.85. The third-order valence-electron chi connectivity index (χ3n) is 2.32. The van der Waals surface area contributed by atoms with E-state index >= 15 is 0 Å². The van der Waals surface area contributed by atoms with E-state index in [1.54, 1.807) is 11.6 Å². The average molecular weight is 211 g/mol. The normalized spacial score (nSPS) is 10.4. The summed E-state index contributed by atoms with van der Waals surface area (Å²) in [4.78, 5) is 11.3. The van der Waals surface area contributed by atoms with Crippen LogP contribution in [0, 0.1) is 13.8 Å². The molecule has 0 bridgehead atoms. The van der Waals surface area contributed by atoms with Crippen LogP contribution in [0.15, 0.2) is 0 Å².